The van der Waals surface area contributed by atoms with Gasteiger partial charge in [-0.3, -0.25) is 9.69 Å². The SMILES string of the molecule is CCOC(=O)[C@@H]1C[C@H](O)CCN1Cc1ccccc1. The average molecular weight is 263 g/mol. The Balaban J connectivity index is 2.05. The molecule has 0 amide bonds. The van der Waals surface area contributed by atoms with E-state index in [-0.39, 0.29) is 12.0 Å². The molecule has 2 rings (SSSR count). The molecule has 0 saturated carbocycles. The van der Waals surface area contributed by atoms with Gasteiger partial charge in [-0.15, -0.1) is 0 Å². The first-order valence-electron chi connectivity index (χ1n) is 6.83. The maximum atomic E-state index is 12.0. The molecule has 0 aliphatic carbocycles. The number of hydrogen-bond acceptors (Lipinski definition) is 4. The molecule has 4 heteroatoms. The van der Waals surface area contributed by atoms with Gasteiger partial charge in [0.2, 0.25) is 0 Å². The van der Waals surface area contributed by atoms with E-state index in [0.717, 1.165) is 13.1 Å². The lowest BCUT2D eigenvalue weighted by atomic mass is 9.98. The number of benzene rings is 1. The number of esters is 1. The molecule has 1 heterocycles. The van der Waals surface area contributed by atoms with Gasteiger partial charge in [-0.1, -0.05) is 30.3 Å². The standard InChI is InChI=1S/C15H21NO3/c1-2-19-15(18)14-10-13(17)8-9-16(14)11-12-6-4-3-5-7-12/h3-7,13-14,17H,2,8-11H2,1H3/t13-,14+/m1/s1. The molecule has 0 spiro atoms. The summed E-state index contributed by atoms with van der Waals surface area (Å²) in [6, 6.07) is 9.73. The Morgan fingerprint density at radius 1 is 1.42 bits per heavy atom. The van der Waals surface area contributed by atoms with Crippen molar-refractivity contribution in [3.05, 3.63) is 35.9 Å². The zero-order valence-corrected chi connectivity index (χ0v) is 11.3. The van der Waals surface area contributed by atoms with Crippen molar-refractivity contribution < 1.29 is 14.6 Å². The fourth-order valence-corrected chi connectivity index (χ4v) is 2.49. The molecule has 1 aromatic rings. The Bertz CT molecular complexity index is 407. The molecule has 1 fully saturated rings. The predicted molar refractivity (Wildman–Crippen MR) is 72.5 cm³/mol. The summed E-state index contributed by atoms with van der Waals surface area (Å²) >= 11 is 0. The summed E-state index contributed by atoms with van der Waals surface area (Å²) < 4.78 is 5.11. The van der Waals surface area contributed by atoms with Crippen molar-refractivity contribution in [2.24, 2.45) is 0 Å². The summed E-state index contributed by atoms with van der Waals surface area (Å²) in [4.78, 5) is 14.1. The topological polar surface area (TPSA) is 49.8 Å². The van der Waals surface area contributed by atoms with Crippen molar-refractivity contribution in [3.8, 4) is 0 Å². The van der Waals surface area contributed by atoms with Crippen LogP contribution in [0.4, 0.5) is 0 Å². The average Bonchev–Trinajstić information content (AvgIpc) is 2.42. The number of rotatable bonds is 4. The number of aliphatic hydroxyl groups is 1. The minimum absolute atomic E-state index is 0.225. The quantitative estimate of drug-likeness (QED) is 0.838. The lowest BCUT2D eigenvalue weighted by Crippen LogP contribution is -2.48. The number of ether oxygens (including phenoxy) is 1. The maximum absolute atomic E-state index is 12.0. The zero-order valence-electron chi connectivity index (χ0n) is 11.3. The number of likely N-dealkylation sites (tertiary alicyclic amines) is 1. The van der Waals surface area contributed by atoms with Crippen LogP contribution in [0.25, 0.3) is 0 Å². The Labute approximate surface area is 114 Å². The molecule has 4 nitrogen and oxygen atoms in total. The van der Waals surface area contributed by atoms with Gasteiger partial charge in [0.1, 0.15) is 6.04 Å². The molecule has 104 valence electrons. The van der Waals surface area contributed by atoms with Crippen LogP contribution >= 0.6 is 0 Å². The van der Waals surface area contributed by atoms with Crippen LogP contribution in [-0.4, -0.2) is 41.3 Å². The number of piperidine rings is 1. The Morgan fingerprint density at radius 2 is 2.16 bits per heavy atom. The predicted octanol–water partition coefficient (Wildman–Crippen LogP) is 1.57. The second kappa shape index (κ2) is 6.68. The second-order valence-corrected chi connectivity index (χ2v) is 4.90. The fraction of sp³-hybridized carbons (Fsp3) is 0.533. The molecular formula is C15H21NO3. The molecule has 1 aromatic carbocycles. The van der Waals surface area contributed by atoms with Crippen molar-refractivity contribution in [1.82, 2.24) is 4.90 Å². The monoisotopic (exact) mass is 263 g/mol. The molecule has 1 N–H and O–H groups in total. The van der Waals surface area contributed by atoms with Crippen LogP contribution in [0.15, 0.2) is 30.3 Å². The first kappa shape index (κ1) is 14.0. The number of nitrogens with zero attached hydrogens (tertiary/aromatic N) is 1. The van der Waals surface area contributed by atoms with Crippen LogP contribution in [0, 0.1) is 0 Å². The third-order valence-electron chi connectivity index (χ3n) is 3.47. The summed E-state index contributed by atoms with van der Waals surface area (Å²) in [5.74, 6) is -0.225. The van der Waals surface area contributed by atoms with E-state index in [1.165, 1.54) is 5.56 Å². The van der Waals surface area contributed by atoms with E-state index in [0.29, 0.717) is 19.4 Å². The van der Waals surface area contributed by atoms with Gasteiger partial charge >= 0.3 is 5.97 Å². The molecule has 2 atom stereocenters. The van der Waals surface area contributed by atoms with Crippen molar-refractivity contribution in [2.75, 3.05) is 13.2 Å². The van der Waals surface area contributed by atoms with E-state index in [4.69, 9.17) is 4.74 Å². The van der Waals surface area contributed by atoms with E-state index in [1.807, 2.05) is 30.3 Å². The molecular weight excluding hydrogens is 242 g/mol. The van der Waals surface area contributed by atoms with Gasteiger partial charge in [0.15, 0.2) is 0 Å². The molecule has 19 heavy (non-hydrogen) atoms. The van der Waals surface area contributed by atoms with Crippen LogP contribution in [0.5, 0.6) is 0 Å². The molecule has 0 radical (unpaired) electrons. The molecule has 0 aromatic heterocycles. The minimum Gasteiger partial charge on any atom is -0.465 e. The highest BCUT2D eigenvalue weighted by Crippen LogP contribution is 2.21. The first-order chi connectivity index (χ1) is 9.20. The van der Waals surface area contributed by atoms with Crippen LogP contribution in [0.3, 0.4) is 0 Å². The van der Waals surface area contributed by atoms with E-state index < -0.39 is 6.10 Å². The van der Waals surface area contributed by atoms with E-state index in [2.05, 4.69) is 4.90 Å². The maximum Gasteiger partial charge on any atom is 0.323 e. The second-order valence-electron chi connectivity index (χ2n) is 4.90. The van der Waals surface area contributed by atoms with E-state index >= 15 is 0 Å². The third kappa shape index (κ3) is 3.78. The first-order valence-corrected chi connectivity index (χ1v) is 6.83. The van der Waals surface area contributed by atoms with E-state index in [9.17, 15) is 9.90 Å². The summed E-state index contributed by atoms with van der Waals surface area (Å²) in [5, 5.41) is 9.75. The largest absolute Gasteiger partial charge is 0.465 e. The fourth-order valence-electron chi connectivity index (χ4n) is 2.49. The molecule has 1 aliphatic rings. The van der Waals surface area contributed by atoms with Crippen molar-refractivity contribution in [2.45, 2.75) is 38.5 Å². The molecule has 1 aliphatic heterocycles. The lowest BCUT2D eigenvalue weighted by Gasteiger charge is -2.36. The van der Waals surface area contributed by atoms with Crippen LogP contribution < -0.4 is 0 Å². The molecule has 1 saturated heterocycles. The Hall–Kier alpha value is -1.39. The highest BCUT2D eigenvalue weighted by molar-refractivity contribution is 5.76. The van der Waals surface area contributed by atoms with Gasteiger partial charge in [0, 0.05) is 13.1 Å². The zero-order chi connectivity index (χ0) is 13.7. The number of hydrogen-bond donors (Lipinski definition) is 1. The van der Waals surface area contributed by atoms with Gasteiger partial charge in [-0.25, -0.2) is 0 Å². The lowest BCUT2D eigenvalue weighted by molar-refractivity contribution is -0.153. The third-order valence-corrected chi connectivity index (χ3v) is 3.47. The van der Waals surface area contributed by atoms with Crippen molar-refractivity contribution in [3.63, 3.8) is 0 Å². The van der Waals surface area contributed by atoms with Gasteiger partial charge < -0.3 is 9.84 Å². The van der Waals surface area contributed by atoms with Crippen LogP contribution in [0.1, 0.15) is 25.3 Å². The number of carbonyl (C=O) groups excluding carboxylic acids is 1. The number of carbonyl (C=O) groups is 1. The number of aliphatic hydroxyl groups excluding tert-OH is 1. The summed E-state index contributed by atoms with van der Waals surface area (Å²) in [7, 11) is 0. The van der Waals surface area contributed by atoms with Crippen LogP contribution in [0.2, 0.25) is 0 Å². The minimum atomic E-state index is -0.401. The summed E-state index contributed by atoms with van der Waals surface area (Å²) in [6.07, 6.45) is 0.774. The highest BCUT2D eigenvalue weighted by Gasteiger charge is 2.33. The Morgan fingerprint density at radius 3 is 2.84 bits per heavy atom. The highest BCUT2D eigenvalue weighted by atomic mass is 16.5. The van der Waals surface area contributed by atoms with E-state index in [1.54, 1.807) is 6.92 Å². The Kier molecular flexibility index (Phi) is 4.93. The molecule has 0 unspecified atom stereocenters. The summed E-state index contributed by atoms with van der Waals surface area (Å²) in [5.41, 5.74) is 1.17. The van der Waals surface area contributed by atoms with Gasteiger partial charge in [-0.05, 0) is 25.3 Å². The van der Waals surface area contributed by atoms with Gasteiger partial charge in [0.25, 0.3) is 0 Å². The van der Waals surface area contributed by atoms with Crippen molar-refractivity contribution >= 4 is 5.97 Å². The molecule has 0 bridgehead atoms. The van der Waals surface area contributed by atoms with Crippen LogP contribution in [-0.2, 0) is 16.1 Å². The smallest absolute Gasteiger partial charge is 0.323 e. The van der Waals surface area contributed by atoms with Gasteiger partial charge in [0.05, 0.1) is 12.7 Å². The van der Waals surface area contributed by atoms with Crippen molar-refractivity contribution in [1.29, 1.82) is 0 Å². The summed E-state index contributed by atoms with van der Waals surface area (Å²) in [6.45, 7) is 3.62. The van der Waals surface area contributed by atoms with Gasteiger partial charge in [-0.2, -0.15) is 0 Å². The normalized spacial score (nSPS) is 24.1.